The number of carbonyl (C=O) groups is 1. The number of rotatable bonds is 6. The van der Waals surface area contributed by atoms with Crippen LogP contribution < -0.4 is 16.6 Å². The fraction of sp³-hybridized carbons (Fsp3) is 0.276. The van der Waals surface area contributed by atoms with Gasteiger partial charge in [-0.3, -0.25) is 18.7 Å². The molecular formula is C29H26F2N6O3. The van der Waals surface area contributed by atoms with Gasteiger partial charge in [-0.1, -0.05) is 30.3 Å². The smallest absolute Gasteiger partial charge is 0.332 e. The van der Waals surface area contributed by atoms with E-state index < -0.39 is 28.9 Å². The van der Waals surface area contributed by atoms with Crippen LogP contribution in [0.25, 0.3) is 16.7 Å². The van der Waals surface area contributed by atoms with Crippen LogP contribution in [0.1, 0.15) is 47.8 Å². The number of nitrogens with one attached hydrogen (secondary N) is 1. The third-order valence-corrected chi connectivity index (χ3v) is 7.49. The van der Waals surface area contributed by atoms with Crippen molar-refractivity contribution in [1.82, 2.24) is 28.8 Å². The number of hydrogen-bond acceptors (Lipinski definition) is 5. The predicted octanol–water partition coefficient (Wildman–Crippen LogP) is 3.64. The Bertz CT molecular complexity index is 1840. The summed E-state index contributed by atoms with van der Waals surface area (Å²) in [7, 11) is 0. The first-order valence-electron chi connectivity index (χ1n) is 13.2. The lowest BCUT2D eigenvalue weighted by molar-refractivity contribution is 0.0917. The molecule has 11 heteroatoms. The van der Waals surface area contributed by atoms with Gasteiger partial charge in [-0.25, -0.2) is 23.5 Å². The number of amides is 1. The molecule has 0 spiro atoms. The summed E-state index contributed by atoms with van der Waals surface area (Å²) in [6.45, 7) is 0.284. The molecule has 1 aliphatic rings. The minimum atomic E-state index is -0.648. The van der Waals surface area contributed by atoms with Gasteiger partial charge in [0, 0.05) is 31.0 Å². The first-order chi connectivity index (χ1) is 19.4. The van der Waals surface area contributed by atoms with Crippen LogP contribution in [0.3, 0.4) is 0 Å². The number of aryl methyl sites for hydroxylation is 2. The Balaban J connectivity index is 1.22. The molecule has 9 nitrogen and oxygen atoms in total. The summed E-state index contributed by atoms with van der Waals surface area (Å²) in [5.41, 5.74) is 0.783. The molecule has 5 aromatic rings. The van der Waals surface area contributed by atoms with E-state index in [1.54, 1.807) is 0 Å². The number of pyridine rings is 2. The fourth-order valence-corrected chi connectivity index (χ4v) is 5.46. The molecule has 0 aliphatic heterocycles. The summed E-state index contributed by atoms with van der Waals surface area (Å²) >= 11 is 0. The molecule has 4 heterocycles. The normalized spacial score (nSPS) is 17.4. The lowest BCUT2D eigenvalue weighted by atomic mass is 9.90. The van der Waals surface area contributed by atoms with Crippen LogP contribution in [0.2, 0.25) is 0 Å². The van der Waals surface area contributed by atoms with E-state index in [9.17, 15) is 23.2 Å². The number of imidazole rings is 1. The van der Waals surface area contributed by atoms with Gasteiger partial charge >= 0.3 is 5.69 Å². The molecule has 40 heavy (non-hydrogen) atoms. The Morgan fingerprint density at radius 1 is 0.975 bits per heavy atom. The molecule has 6 rings (SSSR count). The summed E-state index contributed by atoms with van der Waals surface area (Å²) in [6, 6.07) is 13.0. The average Bonchev–Trinajstić information content (AvgIpc) is 3.38. The van der Waals surface area contributed by atoms with Crippen LogP contribution in [0.4, 0.5) is 8.78 Å². The number of halogens is 2. The Hall–Kier alpha value is -4.67. The van der Waals surface area contributed by atoms with Crippen LogP contribution in [0.5, 0.6) is 0 Å². The molecule has 4 aromatic heterocycles. The highest BCUT2D eigenvalue weighted by atomic mass is 19.1. The molecule has 1 aliphatic carbocycles. The van der Waals surface area contributed by atoms with Crippen molar-refractivity contribution in [2.45, 2.75) is 50.7 Å². The second-order valence-electron chi connectivity index (χ2n) is 10.1. The van der Waals surface area contributed by atoms with Crippen molar-refractivity contribution in [2.24, 2.45) is 0 Å². The van der Waals surface area contributed by atoms with Gasteiger partial charge in [-0.2, -0.15) is 0 Å². The van der Waals surface area contributed by atoms with Crippen LogP contribution in [0.15, 0.2) is 76.7 Å². The number of nitrogens with zero attached hydrogens (tertiary/aromatic N) is 5. The lowest BCUT2D eigenvalue weighted by Crippen LogP contribution is -2.45. The molecule has 0 radical (unpaired) electrons. The second kappa shape index (κ2) is 10.5. The van der Waals surface area contributed by atoms with Crippen molar-refractivity contribution < 1.29 is 13.6 Å². The minimum absolute atomic E-state index is 0.0615. The summed E-state index contributed by atoms with van der Waals surface area (Å²) in [6.07, 6.45) is 6.30. The number of benzene rings is 1. The van der Waals surface area contributed by atoms with E-state index >= 15 is 0 Å². The van der Waals surface area contributed by atoms with Crippen molar-refractivity contribution in [1.29, 1.82) is 0 Å². The van der Waals surface area contributed by atoms with Crippen molar-refractivity contribution in [3.63, 3.8) is 0 Å². The summed E-state index contributed by atoms with van der Waals surface area (Å²) < 4.78 is 31.7. The number of aromatic nitrogens is 5. The molecule has 0 atom stereocenters. The molecular weight excluding hydrogens is 518 g/mol. The van der Waals surface area contributed by atoms with Crippen molar-refractivity contribution >= 4 is 22.6 Å². The van der Waals surface area contributed by atoms with Crippen LogP contribution >= 0.6 is 0 Å². The molecule has 1 aromatic carbocycles. The summed E-state index contributed by atoms with van der Waals surface area (Å²) in [5.74, 6) is -1.46. The monoisotopic (exact) mass is 544 g/mol. The molecule has 0 bridgehead atoms. The Kier molecular flexibility index (Phi) is 6.71. The average molecular weight is 545 g/mol. The highest BCUT2D eigenvalue weighted by molar-refractivity contribution is 5.93. The number of hydrogen-bond donors (Lipinski definition) is 1. The molecule has 1 amide bonds. The molecule has 0 unspecified atom stereocenters. The molecule has 1 N–H and O–H groups in total. The van der Waals surface area contributed by atoms with Gasteiger partial charge in [0.2, 0.25) is 0 Å². The van der Waals surface area contributed by atoms with Crippen molar-refractivity contribution in [3.8, 4) is 0 Å². The topological polar surface area (TPSA) is 103 Å². The van der Waals surface area contributed by atoms with E-state index in [0.29, 0.717) is 37.8 Å². The highest BCUT2D eigenvalue weighted by Gasteiger charge is 2.28. The van der Waals surface area contributed by atoms with Gasteiger partial charge in [-0.15, -0.1) is 0 Å². The number of carbonyl (C=O) groups excluding carboxylic acids is 1. The Labute approximate surface area is 226 Å². The SMILES string of the molecule is O=C(N[C@H]1CC[C@@H](n2c(=O)c3cc(F)cnc3n(CCc3ccccc3)c2=O)CC1)c1cn2cc(F)ccc2n1. The maximum atomic E-state index is 14.1. The zero-order chi connectivity index (χ0) is 27.8. The molecule has 204 valence electrons. The van der Waals surface area contributed by atoms with E-state index in [4.69, 9.17) is 0 Å². The highest BCUT2D eigenvalue weighted by Crippen LogP contribution is 2.27. The van der Waals surface area contributed by atoms with E-state index in [-0.39, 0.29) is 35.2 Å². The zero-order valence-corrected chi connectivity index (χ0v) is 21.5. The van der Waals surface area contributed by atoms with E-state index in [0.717, 1.165) is 17.8 Å². The van der Waals surface area contributed by atoms with Crippen LogP contribution in [0, 0.1) is 11.6 Å². The second-order valence-corrected chi connectivity index (χ2v) is 10.1. The van der Waals surface area contributed by atoms with Gasteiger partial charge < -0.3 is 9.72 Å². The van der Waals surface area contributed by atoms with Crippen LogP contribution in [-0.4, -0.2) is 35.5 Å². The van der Waals surface area contributed by atoms with Crippen LogP contribution in [-0.2, 0) is 13.0 Å². The maximum absolute atomic E-state index is 14.1. The summed E-state index contributed by atoms with van der Waals surface area (Å²) in [5, 5.41) is 3.02. The molecule has 1 fully saturated rings. The first kappa shape index (κ1) is 25.6. The fourth-order valence-electron chi connectivity index (χ4n) is 5.46. The van der Waals surface area contributed by atoms with Crippen molar-refractivity contribution in [3.05, 3.63) is 111 Å². The standard InChI is InChI=1S/C29H26F2N6O3/c30-19-6-11-25-34-24(17-35(25)16-19)27(38)33-21-7-9-22(10-8-21)37-28(39)23-14-20(31)15-32-26(23)36(29(37)40)13-12-18-4-2-1-3-5-18/h1-6,11,14-17,21-22H,7-10,12-13H2,(H,33,38)/t21-,22+. The molecule has 0 saturated heterocycles. The molecule has 1 saturated carbocycles. The minimum Gasteiger partial charge on any atom is -0.348 e. The van der Waals surface area contributed by atoms with Gasteiger partial charge in [-0.05, 0) is 55.9 Å². The van der Waals surface area contributed by atoms with Gasteiger partial charge in [0.05, 0.1) is 11.6 Å². The quantitative estimate of drug-likeness (QED) is 0.352. The van der Waals surface area contributed by atoms with Gasteiger partial charge in [0.1, 0.15) is 28.6 Å². The largest absolute Gasteiger partial charge is 0.348 e. The first-order valence-corrected chi connectivity index (χ1v) is 13.2. The maximum Gasteiger partial charge on any atom is 0.332 e. The zero-order valence-electron chi connectivity index (χ0n) is 21.5. The Morgan fingerprint density at radius 2 is 1.75 bits per heavy atom. The summed E-state index contributed by atoms with van der Waals surface area (Å²) in [4.78, 5) is 48.2. The van der Waals surface area contributed by atoms with E-state index in [1.165, 1.54) is 38.1 Å². The third kappa shape index (κ3) is 4.90. The number of fused-ring (bicyclic) bond motifs is 2. The van der Waals surface area contributed by atoms with E-state index in [2.05, 4.69) is 15.3 Å². The van der Waals surface area contributed by atoms with Crippen molar-refractivity contribution in [2.75, 3.05) is 0 Å². The Morgan fingerprint density at radius 3 is 2.52 bits per heavy atom. The lowest BCUT2D eigenvalue weighted by Gasteiger charge is -2.30. The predicted molar refractivity (Wildman–Crippen MR) is 144 cm³/mol. The van der Waals surface area contributed by atoms with E-state index in [1.807, 2.05) is 30.3 Å². The van der Waals surface area contributed by atoms with Gasteiger partial charge in [0.15, 0.2) is 0 Å². The van der Waals surface area contributed by atoms with Gasteiger partial charge in [0.25, 0.3) is 11.5 Å². The third-order valence-electron chi connectivity index (χ3n) is 7.49.